The molecule has 1 aromatic carbocycles. The van der Waals surface area contributed by atoms with Gasteiger partial charge in [-0.3, -0.25) is 0 Å². The minimum atomic E-state index is 0.586. The van der Waals surface area contributed by atoms with E-state index in [1.54, 1.807) is 0 Å². The van der Waals surface area contributed by atoms with Gasteiger partial charge in [0.05, 0.1) is 6.61 Å². The van der Waals surface area contributed by atoms with E-state index in [4.69, 9.17) is 9.47 Å². The smallest absolute Gasteiger partial charge is 0.0719 e. The minimum Gasteiger partial charge on any atom is -0.381 e. The molecule has 1 aliphatic rings. The molecule has 1 atom stereocenters. The standard InChI is InChI=1S/C16H25NO2/c1-2-18-13-15-7-4-3-6-14(15)12-17-16-8-5-10-19-11-9-16/h3-4,6-7,16-17H,2,5,8-13H2,1H3. The van der Waals surface area contributed by atoms with Crippen molar-refractivity contribution in [2.45, 2.75) is 45.4 Å². The topological polar surface area (TPSA) is 30.5 Å². The second kappa shape index (κ2) is 8.31. The molecule has 3 nitrogen and oxygen atoms in total. The van der Waals surface area contributed by atoms with E-state index < -0.39 is 0 Å². The molecule has 1 saturated heterocycles. The van der Waals surface area contributed by atoms with Gasteiger partial charge in [0, 0.05) is 32.4 Å². The molecule has 0 aliphatic carbocycles. The maximum atomic E-state index is 5.52. The van der Waals surface area contributed by atoms with Crippen LogP contribution in [0.5, 0.6) is 0 Å². The maximum absolute atomic E-state index is 5.52. The van der Waals surface area contributed by atoms with Crippen molar-refractivity contribution in [3.8, 4) is 0 Å². The van der Waals surface area contributed by atoms with Crippen molar-refractivity contribution in [2.75, 3.05) is 19.8 Å². The lowest BCUT2D eigenvalue weighted by atomic mass is 10.1. The molecular formula is C16H25NO2. The first kappa shape index (κ1) is 14.5. The monoisotopic (exact) mass is 263 g/mol. The van der Waals surface area contributed by atoms with Gasteiger partial charge in [-0.25, -0.2) is 0 Å². The molecule has 2 rings (SSSR count). The Balaban J connectivity index is 1.87. The fraction of sp³-hybridized carbons (Fsp3) is 0.625. The molecule has 1 aliphatic heterocycles. The van der Waals surface area contributed by atoms with E-state index in [1.165, 1.54) is 17.5 Å². The van der Waals surface area contributed by atoms with Crippen molar-refractivity contribution >= 4 is 0 Å². The van der Waals surface area contributed by atoms with Crippen molar-refractivity contribution in [2.24, 2.45) is 0 Å². The third-order valence-corrected chi connectivity index (χ3v) is 3.61. The Morgan fingerprint density at radius 2 is 2.05 bits per heavy atom. The fourth-order valence-corrected chi connectivity index (χ4v) is 2.44. The summed E-state index contributed by atoms with van der Waals surface area (Å²) in [5, 5.41) is 3.66. The van der Waals surface area contributed by atoms with E-state index in [-0.39, 0.29) is 0 Å². The average molecular weight is 263 g/mol. The summed E-state index contributed by atoms with van der Waals surface area (Å²) in [4.78, 5) is 0. The zero-order valence-corrected chi connectivity index (χ0v) is 11.9. The Kier molecular flexibility index (Phi) is 6.34. The third kappa shape index (κ3) is 4.94. The lowest BCUT2D eigenvalue weighted by molar-refractivity contribution is 0.133. The van der Waals surface area contributed by atoms with E-state index in [0.29, 0.717) is 12.6 Å². The van der Waals surface area contributed by atoms with Gasteiger partial charge in [-0.05, 0) is 37.3 Å². The summed E-state index contributed by atoms with van der Waals surface area (Å²) in [7, 11) is 0. The van der Waals surface area contributed by atoms with E-state index in [2.05, 4.69) is 29.6 Å². The molecule has 0 spiro atoms. The molecule has 1 heterocycles. The van der Waals surface area contributed by atoms with Crippen molar-refractivity contribution in [1.82, 2.24) is 5.32 Å². The summed E-state index contributed by atoms with van der Waals surface area (Å²) in [6.45, 7) is 6.24. The number of ether oxygens (including phenoxy) is 2. The molecule has 0 bridgehead atoms. The largest absolute Gasteiger partial charge is 0.381 e. The average Bonchev–Trinajstić information content (AvgIpc) is 2.72. The number of hydrogen-bond donors (Lipinski definition) is 1. The second-order valence-corrected chi connectivity index (χ2v) is 5.03. The van der Waals surface area contributed by atoms with Crippen LogP contribution in [-0.4, -0.2) is 25.9 Å². The van der Waals surface area contributed by atoms with Crippen LogP contribution in [0, 0.1) is 0 Å². The molecule has 0 saturated carbocycles. The van der Waals surface area contributed by atoms with Gasteiger partial charge in [0.15, 0.2) is 0 Å². The zero-order valence-electron chi connectivity index (χ0n) is 11.9. The predicted octanol–water partition coefficient (Wildman–Crippen LogP) is 2.88. The molecule has 3 heteroatoms. The maximum Gasteiger partial charge on any atom is 0.0719 e. The van der Waals surface area contributed by atoms with Gasteiger partial charge in [0.25, 0.3) is 0 Å². The molecule has 0 amide bonds. The summed E-state index contributed by atoms with van der Waals surface area (Å²) in [5.74, 6) is 0. The van der Waals surface area contributed by atoms with Crippen LogP contribution in [0.25, 0.3) is 0 Å². The highest BCUT2D eigenvalue weighted by atomic mass is 16.5. The molecule has 1 fully saturated rings. The number of hydrogen-bond acceptors (Lipinski definition) is 3. The highest BCUT2D eigenvalue weighted by Crippen LogP contribution is 2.13. The Morgan fingerprint density at radius 1 is 1.21 bits per heavy atom. The van der Waals surface area contributed by atoms with Crippen molar-refractivity contribution in [1.29, 1.82) is 0 Å². The van der Waals surface area contributed by atoms with Crippen LogP contribution < -0.4 is 5.32 Å². The Bertz CT molecular complexity index is 360. The molecule has 1 unspecified atom stereocenters. The van der Waals surface area contributed by atoms with E-state index >= 15 is 0 Å². The highest BCUT2D eigenvalue weighted by molar-refractivity contribution is 5.26. The van der Waals surface area contributed by atoms with Crippen LogP contribution in [0.4, 0.5) is 0 Å². The molecule has 1 N–H and O–H groups in total. The van der Waals surface area contributed by atoms with Gasteiger partial charge in [-0.15, -0.1) is 0 Å². The van der Waals surface area contributed by atoms with Crippen LogP contribution in [0.2, 0.25) is 0 Å². The fourth-order valence-electron chi connectivity index (χ4n) is 2.44. The van der Waals surface area contributed by atoms with E-state index in [0.717, 1.165) is 39.2 Å². The summed E-state index contributed by atoms with van der Waals surface area (Å²) >= 11 is 0. The van der Waals surface area contributed by atoms with Gasteiger partial charge in [-0.2, -0.15) is 0 Å². The van der Waals surface area contributed by atoms with Crippen molar-refractivity contribution < 1.29 is 9.47 Å². The normalized spacial score (nSPS) is 20.2. The highest BCUT2D eigenvalue weighted by Gasteiger charge is 2.12. The Morgan fingerprint density at radius 3 is 2.89 bits per heavy atom. The predicted molar refractivity (Wildman–Crippen MR) is 77.1 cm³/mol. The second-order valence-electron chi connectivity index (χ2n) is 5.03. The minimum absolute atomic E-state index is 0.586. The van der Waals surface area contributed by atoms with Gasteiger partial charge < -0.3 is 14.8 Å². The molecule has 106 valence electrons. The quantitative estimate of drug-likeness (QED) is 0.856. The van der Waals surface area contributed by atoms with Gasteiger partial charge >= 0.3 is 0 Å². The van der Waals surface area contributed by atoms with Gasteiger partial charge in [0.2, 0.25) is 0 Å². The SMILES string of the molecule is CCOCc1ccccc1CNC1CCCOCC1. The lowest BCUT2D eigenvalue weighted by Gasteiger charge is -2.17. The Hall–Kier alpha value is -0.900. The lowest BCUT2D eigenvalue weighted by Crippen LogP contribution is -2.29. The van der Waals surface area contributed by atoms with Crippen molar-refractivity contribution in [3.63, 3.8) is 0 Å². The number of nitrogens with one attached hydrogen (secondary N) is 1. The molecule has 19 heavy (non-hydrogen) atoms. The first-order valence-electron chi connectivity index (χ1n) is 7.35. The third-order valence-electron chi connectivity index (χ3n) is 3.61. The Labute approximate surface area is 116 Å². The first-order valence-corrected chi connectivity index (χ1v) is 7.35. The summed E-state index contributed by atoms with van der Waals surface area (Å²) < 4.78 is 11.0. The number of rotatable bonds is 6. The molecular weight excluding hydrogens is 238 g/mol. The van der Waals surface area contributed by atoms with E-state index in [9.17, 15) is 0 Å². The summed E-state index contributed by atoms with van der Waals surface area (Å²) in [6.07, 6.45) is 3.50. The summed E-state index contributed by atoms with van der Waals surface area (Å²) in [6, 6.07) is 9.11. The molecule has 0 radical (unpaired) electrons. The van der Waals surface area contributed by atoms with Crippen LogP contribution >= 0.6 is 0 Å². The van der Waals surface area contributed by atoms with E-state index in [1.807, 2.05) is 6.92 Å². The summed E-state index contributed by atoms with van der Waals surface area (Å²) in [5.41, 5.74) is 2.64. The van der Waals surface area contributed by atoms with Crippen LogP contribution in [-0.2, 0) is 22.6 Å². The van der Waals surface area contributed by atoms with Crippen LogP contribution in [0.1, 0.15) is 37.3 Å². The van der Waals surface area contributed by atoms with Gasteiger partial charge in [0.1, 0.15) is 0 Å². The van der Waals surface area contributed by atoms with Crippen molar-refractivity contribution in [3.05, 3.63) is 35.4 Å². The first-order chi connectivity index (χ1) is 9.40. The molecule has 0 aromatic heterocycles. The van der Waals surface area contributed by atoms with Gasteiger partial charge in [-0.1, -0.05) is 24.3 Å². The number of benzene rings is 1. The van der Waals surface area contributed by atoms with Crippen LogP contribution in [0.15, 0.2) is 24.3 Å². The molecule has 1 aromatic rings. The van der Waals surface area contributed by atoms with Crippen LogP contribution in [0.3, 0.4) is 0 Å². The zero-order chi connectivity index (χ0) is 13.3.